The van der Waals surface area contributed by atoms with Crippen molar-refractivity contribution in [1.29, 1.82) is 0 Å². The van der Waals surface area contributed by atoms with Gasteiger partial charge in [0.05, 0.1) is 17.3 Å². The standard InChI is InChI=1S/C10H16ClN3O2S/c1-7-4-3-5-14(7)17(15,16)10-8(2)12-13-9(10)6-11/h7H,3-6H2,1-2H3,(H,12,13). The monoisotopic (exact) mass is 277 g/mol. The first-order chi connectivity index (χ1) is 7.98. The predicted molar refractivity (Wildman–Crippen MR) is 65.5 cm³/mol. The van der Waals surface area contributed by atoms with E-state index in [1.807, 2.05) is 6.92 Å². The maximum absolute atomic E-state index is 12.5. The van der Waals surface area contributed by atoms with Crippen LogP contribution in [0.1, 0.15) is 31.2 Å². The van der Waals surface area contributed by atoms with Crippen LogP contribution in [0.25, 0.3) is 0 Å². The van der Waals surface area contributed by atoms with Gasteiger partial charge in [0.2, 0.25) is 10.0 Å². The maximum atomic E-state index is 12.5. The van der Waals surface area contributed by atoms with Crippen molar-refractivity contribution in [3.8, 4) is 0 Å². The van der Waals surface area contributed by atoms with E-state index in [1.165, 1.54) is 0 Å². The summed E-state index contributed by atoms with van der Waals surface area (Å²) in [5.41, 5.74) is 0.961. The molecule has 1 atom stereocenters. The van der Waals surface area contributed by atoms with Crippen molar-refractivity contribution in [3.63, 3.8) is 0 Å². The molecule has 2 heterocycles. The molecule has 1 aromatic rings. The molecule has 0 radical (unpaired) electrons. The van der Waals surface area contributed by atoms with Crippen molar-refractivity contribution in [3.05, 3.63) is 11.4 Å². The van der Waals surface area contributed by atoms with Crippen LogP contribution < -0.4 is 0 Å². The SMILES string of the molecule is Cc1[nH]nc(CCl)c1S(=O)(=O)N1CCCC1C. The fraction of sp³-hybridized carbons (Fsp3) is 0.700. The highest BCUT2D eigenvalue weighted by Gasteiger charge is 2.36. The highest BCUT2D eigenvalue weighted by atomic mass is 35.5. The van der Waals surface area contributed by atoms with E-state index in [1.54, 1.807) is 11.2 Å². The van der Waals surface area contributed by atoms with Crippen molar-refractivity contribution in [1.82, 2.24) is 14.5 Å². The average Bonchev–Trinajstić information content (AvgIpc) is 2.84. The van der Waals surface area contributed by atoms with Gasteiger partial charge in [-0.2, -0.15) is 9.40 Å². The van der Waals surface area contributed by atoms with Gasteiger partial charge in [0.25, 0.3) is 0 Å². The summed E-state index contributed by atoms with van der Waals surface area (Å²) in [4.78, 5) is 0.251. The van der Waals surface area contributed by atoms with Crippen LogP contribution >= 0.6 is 11.6 Å². The number of aromatic nitrogens is 2. The topological polar surface area (TPSA) is 66.1 Å². The minimum atomic E-state index is -3.46. The molecule has 1 fully saturated rings. The first-order valence-electron chi connectivity index (χ1n) is 5.60. The quantitative estimate of drug-likeness (QED) is 0.854. The summed E-state index contributed by atoms with van der Waals surface area (Å²) in [7, 11) is -3.46. The molecule has 17 heavy (non-hydrogen) atoms. The molecule has 1 N–H and O–H groups in total. The van der Waals surface area contributed by atoms with Crippen LogP contribution in [-0.2, 0) is 15.9 Å². The Bertz CT molecular complexity index is 512. The zero-order chi connectivity index (χ0) is 12.6. The number of sulfonamides is 1. The normalized spacial score (nSPS) is 22.2. The van der Waals surface area contributed by atoms with Crippen LogP contribution in [0.4, 0.5) is 0 Å². The highest BCUT2D eigenvalue weighted by molar-refractivity contribution is 7.89. The number of aromatic amines is 1. The van der Waals surface area contributed by atoms with Crippen LogP contribution in [0, 0.1) is 6.92 Å². The van der Waals surface area contributed by atoms with Crippen molar-refractivity contribution in [2.75, 3.05) is 6.54 Å². The van der Waals surface area contributed by atoms with Gasteiger partial charge in [0, 0.05) is 12.6 Å². The second-order valence-corrected chi connectivity index (χ2v) is 6.46. The third-order valence-corrected chi connectivity index (χ3v) is 5.62. The van der Waals surface area contributed by atoms with E-state index in [4.69, 9.17) is 11.6 Å². The molecule has 5 nitrogen and oxygen atoms in total. The van der Waals surface area contributed by atoms with Crippen LogP contribution in [-0.4, -0.2) is 35.5 Å². The third kappa shape index (κ3) is 2.09. The zero-order valence-corrected chi connectivity index (χ0v) is 11.5. The molecule has 0 aliphatic carbocycles. The van der Waals surface area contributed by atoms with E-state index < -0.39 is 10.0 Å². The Balaban J connectivity index is 2.47. The molecule has 0 bridgehead atoms. The first kappa shape index (κ1) is 12.9. The summed E-state index contributed by atoms with van der Waals surface area (Å²) in [5.74, 6) is 0.0983. The van der Waals surface area contributed by atoms with Gasteiger partial charge >= 0.3 is 0 Å². The smallest absolute Gasteiger partial charge is 0.247 e. The molecule has 0 saturated carbocycles. The number of hydrogen-bond donors (Lipinski definition) is 1. The van der Waals surface area contributed by atoms with E-state index in [9.17, 15) is 8.42 Å². The highest BCUT2D eigenvalue weighted by Crippen LogP contribution is 2.29. The number of nitrogens with one attached hydrogen (secondary N) is 1. The van der Waals surface area contributed by atoms with Gasteiger partial charge in [0.1, 0.15) is 4.90 Å². The van der Waals surface area contributed by atoms with Gasteiger partial charge in [-0.3, -0.25) is 5.10 Å². The lowest BCUT2D eigenvalue weighted by molar-refractivity contribution is 0.407. The molecular weight excluding hydrogens is 262 g/mol. The molecule has 1 aromatic heterocycles. The van der Waals surface area contributed by atoms with Gasteiger partial charge in [-0.15, -0.1) is 11.6 Å². The van der Waals surface area contributed by atoms with E-state index in [2.05, 4.69) is 10.2 Å². The van der Waals surface area contributed by atoms with Crippen LogP contribution in [0.5, 0.6) is 0 Å². The Morgan fingerprint density at radius 1 is 1.59 bits per heavy atom. The van der Waals surface area contributed by atoms with Gasteiger partial charge in [-0.1, -0.05) is 0 Å². The second-order valence-electron chi connectivity index (χ2n) is 4.37. The lowest BCUT2D eigenvalue weighted by atomic mass is 10.3. The fourth-order valence-electron chi connectivity index (χ4n) is 2.28. The molecule has 1 unspecified atom stereocenters. The maximum Gasteiger partial charge on any atom is 0.247 e. The summed E-state index contributed by atoms with van der Waals surface area (Å²) in [6, 6.07) is 0.0532. The molecule has 1 aliphatic rings. The summed E-state index contributed by atoms with van der Waals surface area (Å²) in [6.45, 7) is 4.22. The Morgan fingerprint density at radius 2 is 2.29 bits per heavy atom. The van der Waals surface area contributed by atoms with Crippen molar-refractivity contribution in [2.45, 2.75) is 43.5 Å². The summed E-state index contributed by atoms with van der Waals surface area (Å²) in [5, 5.41) is 6.63. The molecule has 1 aliphatic heterocycles. The van der Waals surface area contributed by atoms with Crippen molar-refractivity contribution >= 4 is 21.6 Å². The number of aryl methyl sites for hydroxylation is 1. The third-order valence-electron chi connectivity index (χ3n) is 3.15. The Morgan fingerprint density at radius 3 is 2.82 bits per heavy atom. The largest absolute Gasteiger partial charge is 0.281 e. The molecule has 0 aromatic carbocycles. The van der Waals surface area contributed by atoms with Crippen LogP contribution in [0.15, 0.2) is 4.90 Å². The van der Waals surface area contributed by atoms with E-state index >= 15 is 0 Å². The average molecular weight is 278 g/mol. The number of rotatable bonds is 3. The molecule has 0 spiro atoms. The summed E-state index contributed by atoms with van der Waals surface area (Å²) < 4.78 is 26.6. The van der Waals surface area contributed by atoms with Crippen LogP contribution in [0.3, 0.4) is 0 Å². The number of H-pyrrole nitrogens is 1. The minimum absolute atomic E-state index is 0.0532. The van der Waals surface area contributed by atoms with E-state index in [-0.39, 0.29) is 16.8 Å². The zero-order valence-electron chi connectivity index (χ0n) is 9.90. The van der Waals surface area contributed by atoms with Gasteiger partial charge in [-0.05, 0) is 26.7 Å². The molecule has 96 valence electrons. The lowest BCUT2D eigenvalue weighted by Crippen LogP contribution is -2.34. The van der Waals surface area contributed by atoms with E-state index in [0.29, 0.717) is 17.9 Å². The van der Waals surface area contributed by atoms with Crippen molar-refractivity contribution in [2.24, 2.45) is 0 Å². The van der Waals surface area contributed by atoms with E-state index in [0.717, 1.165) is 12.8 Å². The number of halogens is 1. The Labute approximate surface area is 106 Å². The van der Waals surface area contributed by atoms with Gasteiger partial charge in [-0.25, -0.2) is 8.42 Å². The molecule has 2 rings (SSSR count). The summed E-state index contributed by atoms with van der Waals surface area (Å²) in [6.07, 6.45) is 1.82. The summed E-state index contributed by atoms with van der Waals surface area (Å²) >= 11 is 5.73. The number of nitrogens with zero attached hydrogens (tertiary/aromatic N) is 2. The molecule has 7 heteroatoms. The number of hydrogen-bond acceptors (Lipinski definition) is 3. The first-order valence-corrected chi connectivity index (χ1v) is 7.57. The second kappa shape index (κ2) is 4.59. The predicted octanol–water partition coefficient (Wildman–Crippen LogP) is 1.63. The molecule has 0 amide bonds. The number of alkyl halides is 1. The Hall–Kier alpha value is -0.590. The molecular formula is C10H16ClN3O2S. The lowest BCUT2D eigenvalue weighted by Gasteiger charge is -2.21. The molecule has 1 saturated heterocycles. The fourth-order valence-corrected chi connectivity index (χ4v) is 4.59. The Kier molecular flexibility index (Phi) is 3.47. The van der Waals surface area contributed by atoms with Crippen molar-refractivity contribution < 1.29 is 8.42 Å². The minimum Gasteiger partial charge on any atom is -0.281 e. The van der Waals surface area contributed by atoms with Crippen LogP contribution in [0.2, 0.25) is 0 Å². The van der Waals surface area contributed by atoms with Gasteiger partial charge in [0.15, 0.2) is 0 Å². The van der Waals surface area contributed by atoms with Gasteiger partial charge < -0.3 is 0 Å².